The summed E-state index contributed by atoms with van der Waals surface area (Å²) in [6.45, 7) is 4.66. The van der Waals surface area contributed by atoms with E-state index in [0.717, 1.165) is 39.5 Å². The number of hydrogen-bond acceptors (Lipinski definition) is 3. The number of benzene rings is 7. The predicted molar refractivity (Wildman–Crippen MR) is 220 cm³/mol. The minimum Gasteiger partial charge on any atom is -0.228 e. The van der Waals surface area contributed by atoms with Crippen molar-refractivity contribution in [1.29, 1.82) is 0 Å². The molecule has 0 atom stereocenters. The fourth-order valence-electron chi connectivity index (χ4n) is 8.12. The van der Waals surface area contributed by atoms with E-state index in [2.05, 4.69) is 178 Å². The average molecular weight is 683 g/mol. The van der Waals surface area contributed by atoms with Gasteiger partial charge in [-0.05, 0) is 74.8 Å². The van der Waals surface area contributed by atoms with Crippen molar-refractivity contribution in [3.63, 3.8) is 0 Å². The second-order valence-corrected chi connectivity index (χ2v) is 15.2. The zero-order valence-electron chi connectivity index (χ0n) is 29.0. The van der Waals surface area contributed by atoms with E-state index in [9.17, 15) is 0 Å². The van der Waals surface area contributed by atoms with Crippen LogP contribution in [0, 0.1) is 0 Å². The first-order chi connectivity index (χ1) is 25.5. The molecule has 2 nitrogen and oxygen atoms in total. The highest BCUT2D eigenvalue weighted by atomic mass is 32.1. The molecule has 7 aromatic carbocycles. The highest BCUT2D eigenvalue weighted by Crippen LogP contribution is 2.52. The molecule has 10 rings (SSSR count). The van der Waals surface area contributed by atoms with Gasteiger partial charge in [0, 0.05) is 42.3 Å². The standard InChI is InChI=1S/C49H34N2S/c1-49(2)41-24-11-9-20-39(41)46-40(23-14-25-42(46)49)44-30-43(50-48(51-44)32-17-7-4-8-18-32)35-28-33(31-15-5-3-6-16-31)27-34(29-35)36-21-13-22-38-37-19-10-12-26-45(37)52-47(36)38/h3-30H,1-2H3. The van der Waals surface area contributed by atoms with E-state index in [0.29, 0.717) is 0 Å². The van der Waals surface area contributed by atoms with Gasteiger partial charge in [0.2, 0.25) is 0 Å². The molecule has 3 heteroatoms. The van der Waals surface area contributed by atoms with E-state index in [-0.39, 0.29) is 5.41 Å². The molecule has 2 heterocycles. The number of nitrogens with zero attached hydrogens (tertiary/aromatic N) is 2. The lowest BCUT2D eigenvalue weighted by molar-refractivity contribution is 0.660. The number of fused-ring (bicyclic) bond motifs is 6. The average Bonchev–Trinajstić information content (AvgIpc) is 3.70. The van der Waals surface area contributed by atoms with E-state index in [4.69, 9.17) is 9.97 Å². The molecule has 1 aliphatic carbocycles. The molecule has 0 amide bonds. The molecule has 2 aromatic heterocycles. The molecule has 9 aromatic rings. The van der Waals surface area contributed by atoms with E-state index < -0.39 is 0 Å². The molecule has 0 N–H and O–H groups in total. The molecule has 0 bridgehead atoms. The monoisotopic (exact) mass is 682 g/mol. The van der Waals surface area contributed by atoms with Gasteiger partial charge < -0.3 is 0 Å². The van der Waals surface area contributed by atoms with Gasteiger partial charge in [0.1, 0.15) is 0 Å². The number of hydrogen-bond donors (Lipinski definition) is 0. The van der Waals surface area contributed by atoms with Crippen LogP contribution >= 0.6 is 11.3 Å². The van der Waals surface area contributed by atoms with E-state index in [1.54, 1.807) is 0 Å². The van der Waals surface area contributed by atoms with Crippen LogP contribution in [-0.4, -0.2) is 9.97 Å². The van der Waals surface area contributed by atoms with Crippen LogP contribution in [0.25, 0.3) is 87.5 Å². The third kappa shape index (κ3) is 4.92. The first-order valence-corrected chi connectivity index (χ1v) is 18.6. The van der Waals surface area contributed by atoms with Crippen molar-refractivity contribution in [2.24, 2.45) is 0 Å². The second kappa shape index (κ2) is 12.0. The van der Waals surface area contributed by atoms with Gasteiger partial charge in [0.15, 0.2) is 5.82 Å². The lowest BCUT2D eigenvalue weighted by Gasteiger charge is -2.21. The molecule has 0 radical (unpaired) electrons. The maximum Gasteiger partial charge on any atom is 0.160 e. The van der Waals surface area contributed by atoms with Gasteiger partial charge in [-0.25, -0.2) is 9.97 Å². The zero-order valence-corrected chi connectivity index (χ0v) is 29.8. The van der Waals surface area contributed by atoms with Crippen molar-refractivity contribution in [1.82, 2.24) is 9.97 Å². The van der Waals surface area contributed by atoms with Gasteiger partial charge in [-0.2, -0.15) is 0 Å². The second-order valence-electron chi connectivity index (χ2n) is 14.2. The first-order valence-electron chi connectivity index (χ1n) is 17.8. The lowest BCUT2D eigenvalue weighted by Crippen LogP contribution is -2.14. The van der Waals surface area contributed by atoms with Crippen LogP contribution in [0.5, 0.6) is 0 Å². The predicted octanol–water partition coefficient (Wildman–Crippen LogP) is 13.5. The summed E-state index contributed by atoms with van der Waals surface area (Å²) in [7, 11) is 0. The summed E-state index contributed by atoms with van der Waals surface area (Å²) in [5.41, 5.74) is 14.9. The van der Waals surface area contributed by atoms with Crippen LogP contribution in [0.15, 0.2) is 170 Å². The molecule has 0 unspecified atom stereocenters. The SMILES string of the molecule is CC1(C)c2ccccc2-c2c(-c3cc(-c4cc(-c5ccccc5)cc(-c5cccc6c5sc5ccccc56)c4)nc(-c4ccccc4)n3)cccc21. The first kappa shape index (κ1) is 30.6. The Kier molecular flexibility index (Phi) is 7.06. The fraction of sp³-hybridized carbons (Fsp3) is 0.0612. The van der Waals surface area contributed by atoms with E-state index in [1.165, 1.54) is 59.1 Å². The topological polar surface area (TPSA) is 25.8 Å². The Hall–Kier alpha value is -6.16. The fourth-order valence-corrected chi connectivity index (χ4v) is 9.36. The molecular formula is C49H34N2S. The maximum absolute atomic E-state index is 5.32. The minimum atomic E-state index is -0.105. The minimum absolute atomic E-state index is 0.105. The Labute approximate surface area is 307 Å². The summed E-state index contributed by atoms with van der Waals surface area (Å²) in [6.07, 6.45) is 0. The van der Waals surface area contributed by atoms with Gasteiger partial charge in [-0.15, -0.1) is 11.3 Å². The van der Waals surface area contributed by atoms with Crippen LogP contribution in [0.3, 0.4) is 0 Å². The van der Waals surface area contributed by atoms with Gasteiger partial charge in [-0.1, -0.05) is 153 Å². The largest absolute Gasteiger partial charge is 0.228 e. The van der Waals surface area contributed by atoms with Crippen molar-refractivity contribution in [3.05, 3.63) is 181 Å². The van der Waals surface area contributed by atoms with Crippen LogP contribution in [0.2, 0.25) is 0 Å². The van der Waals surface area contributed by atoms with Crippen LogP contribution in [0.1, 0.15) is 25.0 Å². The van der Waals surface area contributed by atoms with E-state index in [1.807, 2.05) is 17.4 Å². The summed E-state index contributed by atoms with van der Waals surface area (Å²) < 4.78 is 2.60. The molecule has 1 aliphatic rings. The normalized spacial score (nSPS) is 13.0. The summed E-state index contributed by atoms with van der Waals surface area (Å²) in [5.74, 6) is 0.717. The zero-order chi connectivity index (χ0) is 34.8. The Morgan fingerprint density at radius 3 is 1.87 bits per heavy atom. The van der Waals surface area contributed by atoms with Crippen LogP contribution < -0.4 is 0 Å². The summed E-state index contributed by atoms with van der Waals surface area (Å²) in [6, 6.07) is 61.1. The van der Waals surface area contributed by atoms with Gasteiger partial charge in [0.05, 0.1) is 11.4 Å². The number of thiophene rings is 1. The molecule has 0 saturated carbocycles. The van der Waals surface area contributed by atoms with Crippen molar-refractivity contribution < 1.29 is 0 Å². The Morgan fingerprint density at radius 2 is 1.02 bits per heavy atom. The molecule has 0 aliphatic heterocycles. The summed E-state index contributed by atoms with van der Waals surface area (Å²) >= 11 is 1.87. The molecule has 246 valence electrons. The Bertz CT molecular complexity index is 2810. The highest BCUT2D eigenvalue weighted by molar-refractivity contribution is 7.26. The van der Waals surface area contributed by atoms with Crippen molar-refractivity contribution in [2.45, 2.75) is 19.3 Å². The van der Waals surface area contributed by atoms with Gasteiger partial charge >= 0.3 is 0 Å². The molecule has 0 spiro atoms. The lowest BCUT2D eigenvalue weighted by atomic mass is 9.82. The van der Waals surface area contributed by atoms with Crippen molar-refractivity contribution in [3.8, 4) is 67.3 Å². The number of rotatable bonds is 5. The van der Waals surface area contributed by atoms with Crippen LogP contribution in [-0.2, 0) is 5.41 Å². The summed E-state index contributed by atoms with van der Waals surface area (Å²) in [4.78, 5) is 10.6. The number of aromatic nitrogens is 2. The Morgan fingerprint density at radius 1 is 0.423 bits per heavy atom. The Balaban J connectivity index is 1.23. The third-order valence-corrected chi connectivity index (χ3v) is 11.9. The molecule has 0 saturated heterocycles. The summed E-state index contributed by atoms with van der Waals surface area (Å²) in [5, 5.41) is 2.60. The van der Waals surface area contributed by atoms with Gasteiger partial charge in [-0.3, -0.25) is 0 Å². The quantitative estimate of drug-likeness (QED) is 0.181. The molecule has 0 fully saturated rings. The molecular weight excluding hydrogens is 649 g/mol. The third-order valence-electron chi connectivity index (χ3n) is 10.7. The highest BCUT2D eigenvalue weighted by Gasteiger charge is 2.36. The van der Waals surface area contributed by atoms with Gasteiger partial charge in [0.25, 0.3) is 0 Å². The van der Waals surface area contributed by atoms with Crippen molar-refractivity contribution in [2.75, 3.05) is 0 Å². The molecule has 52 heavy (non-hydrogen) atoms. The van der Waals surface area contributed by atoms with Crippen molar-refractivity contribution >= 4 is 31.5 Å². The smallest absolute Gasteiger partial charge is 0.160 e. The maximum atomic E-state index is 5.32. The van der Waals surface area contributed by atoms with E-state index >= 15 is 0 Å². The van der Waals surface area contributed by atoms with Crippen LogP contribution in [0.4, 0.5) is 0 Å².